The molecule has 0 aromatic heterocycles. The van der Waals surface area contributed by atoms with Gasteiger partial charge in [-0.15, -0.1) is 6.58 Å². The Balaban J connectivity index is 1.76. The molecule has 0 aliphatic heterocycles. The predicted octanol–water partition coefficient (Wildman–Crippen LogP) is 6.84. The van der Waals surface area contributed by atoms with Crippen LogP contribution in [-0.4, -0.2) is 15.3 Å². The minimum atomic E-state index is -0.652. The minimum absolute atomic E-state index is 0.108. The number of benzene rings is 4. The van der Waals surface area contributed by atoms with Gasteiger partial charge < -0.3 is 15.3 Å². The van der Waals surface area contributed by atoms with Crippen LogP contribution < -0.4 is 0 Å². The van der Waals surface area contributed by atoms with Gasteiger partial charge in [0.15, 0.2) is 0 Å². The van der Waals surface area contributed by atoms with E-state index in [0.717, 1.165) is 23.1 Å². The van der Waals surface area contributed by atoms with Gasteiger partial charge in [-0.25, -0.2) is 0 Å². The van der Waals surface area contributed by atoms with Crippen LogP contribution in [0.3, 0.4) is 0 Å². The van der Waals surface area contributed by atoms with Crippen LogP contribution in [0.5, 0.6) is 17.2 Å². The lowest BCUT2D eigenvalue weighted by atomic mass is 9.69. The lowest BCUT2D eigenvalue weighted by molar-refractivity contribution is 0.473. The largest absolute Gasteiger partial charge is 0.508 e. The van der Waals surface area contributed by atoms with Crippen molar-refractivity contribution in [3.8, 4) is 17.2 Å². The normalized spacial score (nSPS) is 11.8. The Hall–Kier alpha value is -3.98. The van der Waals surface area contributed by atoms with Crippen molar-refractivity contribution in [2.75, 3.05) is 0 Å². The van der Waals surface area contributed by atoms with E-state index in [-0.39, 0.29) is 22.7 Å². The van der Waals surface area contributed by atoms with E-state index in [2.05, 4.69) is 44.7 Å². The van der Waals surface area contributed by atoms with E-state index < -0.39 is 5.41 Å². The predicted molar refractivity (Wildman–Crippen MR) is 138 cm³/mol. The molecule has 0 bridgehead atoms. The van der Waals surface area contributed by atoms with Gasteiger partial charge in [-0.2, -0.15) is 0 Å². The maximum absolute atomic E-state index is 9.86. The number of phenols is 3. The smallest absolute Gasteiger partial charge is 0.115 e. The quantitative estimate of drug-likeness (QED) is 0.213. The molecule has 0 unspecified atom stereocenters. The molecule has 4 aromatic rings. The second-order valence-electron chi connectivity index (χ2n) is 9.41. The Morgan fingerprint density at radius 1 is 0.559 bits per heavy atom. The van der Waals surface area contributed by atoms with Crippen LogP contribution in [-0.2, 0) is 17.3 Å². The number of phenolic OH excluding ortho intramolecular Hbond substituents is 3. The van der Waals surface area contributed by atoms with Crippen LogP contribution in [0.25, 0.3) is 0 Å². The summed E-state index contributed by atoms with van der Waals surface area (Å²) >= 11 is 0. The van der Waals surface area contributed by atoms with Crippen LogP contribution in [0.4, 0.5) is 0 Å². The van der Waals surface area contributed by atoms with Gasteiger partial charge in [0.1, 0.15) is 17.2 Å². The highest BCUT2D eigenvalue weighted by Gasteiger charge is 2.34. The fourth-order valence-corrected chi connectivity index (χ4v) is 4.71. The summed E-state index contributed by atoms with van der Waals surface area (Å²) in [5, 5.41) is 29.3. The molecule has 0 spiro atoms. The second kappa shape index (κ2) is 9.11. The molecule has 0 aliphatic carbocycles. The molecule has 3 N–H and O–H groups in total. The summed E-state index contributed by atoms with van der Waals surface area (Å²) in [5.74, 6) is 0.688. The maximum Gasteiger partial charge on any atom is 0.115 e. The topological polar surface area (TPSA) is 60.7 Å². The minimum Gasteiger partial charge on any atom is -0.508 e. The van der Waals surface area contributed by atoms with Gasteiger partial charge in [0.25, 0.3) is 0 Å². The van der Waals surface area contributed by atoms with Crippen LogP contribution in [0.2, 0.25) is 0 Å². The molecule has 0 radical (unpaired) electrons. The molecule has 0 saturated heterocycles. The zero-order chi connectivity index (χ0) is 24.3. The fraction of sp³-hybridized carbons (Fsp3) is 0.161. The zero-order valence-corrected chi connectivity index (χ0v) is 19.6. The summed E-state index contributed by atoms with van der Waals surface area (Å²) in [7, 11) is 0. The third-order valence-corrected chi connectivity index (χ3v) is 6.66. The Kier molecular flexibility index (Phi) is 6.21. The highest BCUT2D eigenvalue weighted by atomic mass is 16.3. The van der Waals surface area contributed by atoms with Crippen LogP contribution in [0, 0.1) is 0 Å². The number of hydrogen-bond donors (Lipinski definition) is 3. The molecule has 0 atom stereocenters. The van der Waals surface area contributed by atoms with Crippen LogP contribution in [0.1, 0.15) is 41.7 Å². The Bertz CT molecular complexity index is 1210. The summed E-state index contributed by atoms with van der Waals surface area (Å²) in [6, 6.07) is 30.3. The van der Waals surface area contributed by atoms with Crippen molar-refractivity contribution in [1.82, 2.24) is 0 Å². The van der Waals surface area contributed by atoms with E-state index in [1.165, 1.54) is 11.1 Å². The molecule has 34 heavy (non-hydrogen) atoms. The van der Waals surface area contributed by atoms with Crippen molar-refractivity contribution >= 4 is 0 Å². The first-order chi connectivity index (χ1) is 16.2. The molecule has 172 valence electrons. The molecule has 0 saturated carbocycles. The average molecular weight is 451 g/mol. The zero-order valence-electron chi connectivity index (χ0n) is 19.6. The fourth-order valence-electron chi connectivity index (χ4n) is 4.71. The van der Waals surface area contributed by atoms with Gasteiger partial charge in [0.2, 0.25) is 0 Å². The first kappa shape index (κ1) is 23.2. The van der Waals surface area contributed by atoms with E-state index >= 15 is 0 Å². The molecule has 4 rings (SSSR count). The summed E-state index contributed by atoms with van der Waals surface area (Å²) in [4.78, 5) is 0. The van der Waals surface area contributed by atoms with Gasteiger partial charge >= 0.3 is 0 Å². The van der Waals surface area contributed by atoms with Crippen molar-refractivity contribution in [2.24, 2.45) is 0 Å². The van der Waals surface area contributed by atoms with Crippen molar-refractivity contribution in [3.63, 3.8) is 0 Å². The van der Waals surface area contributed by atoms with E-state index in [9.17, 15) is 15.3 Å². The summed E-state index contributed by atoms with van der Waals surface area (Å²) < 4.78 is 0. The lowest BCUT2D eigenvalue weighted by Crippen LogP contribution is -2.27. The third-order valence-electron chi connectivity index (χ3n) is 6.66. The van der Waals surface area contributed by atoms with Gasteiger partial charge in [-0.1, -0.05) is 80.6 Å². The first-order valence-electron chi connectivity index (χ1n) is 11.4. The SMILES string of the molecule is C=CC(c1ccc(O)cc1)(c1ccc(O)cc1)c1ccc(C(C)(C)Cc2ccc(O)cc2)cc1. The van der Waals surface area contributed by atoms with Crippen molar-refractivity contribution in [2.45, 2.75) is 31.1 Å². The number of hydrogen-bond acceptors (Lipinski definition) is 3. The summed E-state index contributed by atoms with van der Waals surface area (Å²) in [6.07, 6.45) is 2.76. The first-order valence-corrected chi connectivity index (χ1v) is 11.4. The molecule has 0 fully saturated rings. The standard InChI is InChI=1S/C31H30O3/c1-4-31(25-11-17-28(33)18-12-25,26-13-19-29(34)20-14-26)24-9-7-23(8-10-24)30(2,3)21-22-5-15-27(32)16-6-22/h4-20,32-34H,1,21H2,2-3H3. The van der Waals surface area contributed by atoms with Crippen molar-refractivity contribution in [1.29, 1.82) is 0 Å². The van der Waals surface area contributed by atoms with Gasteiger partial charge in [-0.3, -0.25) is 0 Å². The van der Waals surface area contributed by atoms with Crippen LogP contribution in [0.15, 0.2) is 110 Å². The number of aromatic hydroxyl groups is 3. The molecule has 3 heteroatoms. The van der Waals surface area contributed by atoms with Gasteiger partial charge in [-0.05, 0) is 76.1 Å². The van der Waals surface area contributed by atoms with E-state index in [4.69, 9.17) is 0 Å². The molecular formula is C31H30O3. The van der Waals surface area contributed by atoms with E-state index in [1.54, 1.807) is 36.4 Å². The summed E-state index contributed by atoms with van der Waals surface area (Å²) in [6.45, 7) is 8.63. The Labute approximate surface area is 201 Å². The maximum atomic E-state index is 9.86. The highest BCUT2D eigenvalue weighted by Crippen LogP contribution is 2.42. The van der Waals surface area contributed by atoms with Crippen molar-refractivity contribution < 1.29 is 15.3 Å². The molecule has 0 aliphatic rings. The van der Waals surface area contributed by atoms with E-state index in [1.807, 2.05) is 42.5 Å². The third kappa shape index (κ3) is 4.42. The van der Waals surface area contributed by atoms with Gasteiger partial charge in [0, 0.05) is 0 Å². The van der Waals surface area contributed by atoms with E-state index in [0.29, 0.717) is 0 Å². The monoisotopic (exact) mass is 450 g/mol. The summed E-state index contributed by atoms with van der Waals surface area (Å²) in [5.41, 5.74) is 4.61. The Morgan fingerprint density at radius 2 is 0.882 bits per heavy atom. The average Bonchev–Trinajstić information content (AvgIpc) is 2.84. The van der Waals surface area contributed by atoms with Gasteiger partial charge in [0.05, 0.1) is 5.41 Å². The van der Waals surface area contributed by atoms with Crippen LogP contribution >= 0.6 is 0 Å². The second-order valence-corrected chi connectivity index (χ2v) is 9.41. The van der Waals surface area contributed by atoms with Crippen molar-refractivity contribution in [3.05, 3.63) is 138 Å². The Morgan fingerprint density at radius 3 is 1.26 bits per heavy atom. The lowest BCUT2D eigenvalue weighted by Gasteiger charge is -2.34. The molecule has 4 aromatic carbocycles. The molecule has 0 heterocycles. The molecule has 0 amide bonds. The molecule has 3 nitrogen and oxygen atoms in total. The number of rotatable bonds is 7. The highest BCUT2D eigenvalue weighted by molar-refractivity contribution is 5.56. The number of allylic oxidation sites excluding steroid dienone is 1. The molecular weight excluding hydrogens is 420 g/mol.